The second-order valence-corrected chi connectivity index (χ2v) is 7.35. The van der Waals surface area contributed by atoms with Gasteiger partial charge in [-0.25, -0.2) is 0 Å². The van der Waals surface area contributed by atoms with Crippen LogP contribution in [0, 0.1) is 19.8 Å². The van der Waals surface area contributed by atoms with E-state index >= 15 is 0 Å². The molecule has 24 heavy (non-hydrogen) atoms. The summed E-state index contributed by atoms with van der Waals surface area (Å²) >= 11 is 0. The van der Waals surface area contributed by atoms with Crippen molar-refractivity contribution < 1.29 is 9.90 Å². The lowest BCUT2D eigenvalue weighted by molar-refractivity contribution is -0.127. The van der Waals surface area contributed by atoms with Gasteiger partial charge >= 0.3 is 0 Å². The zero-order valence-electron chi connectivity index (χ0n) is 15.6. The fourth-order valence-corrected chi connectivity index (χ4v) is 3.67. The molecular weight excluding hydrogens is 300 g/mol. The van der Waals surface area contributed by atoms with Gasteiger partial charge in [-0.3, -0.25) is 9.69 Å². The maximum Gasteiger partial charge on any atom is 0.224 e. The van der Waals surface area contributed by atoms with Gasteiger partial charge in [0.1, 0.15) is 5.75 Å². The molecule has 0 aliphatic carbocycles. The van der Waals surface area contributed by atoms with E-state index in [4.69, 9.17) is 0 Å². The number of benzene rings is 1. The summed E-state index contributed by atoms with van der Waals surface area (Å²) in [5.74, 6) is 0.690. The summed E-state index contributed by atoms with van der Waals surface area (Å²) in [5.41, 5.74) is 3.05. The molecule has 0 aromatic heterocycles. The van der Waals surface area contributed by atoms with Crippen molar-refractivity contribution in [3.05, 3.63) is 28.8 Å². The minimum Gasteiger partial charge on any atom is -0.507 e. The van der Waals surface area contributed by atoms with Gasteiger partial charge in [-0.1, -0.05) is 25.5 Å². The molecule has 1 heterocycles. The number of carbonyl (C=O) groups is 1. The van der Waals surface area contributed by atoms with E-state index in [1.54, 1.807) is 0 Å². The monoisotopic (exact) mass is 332 g/mol. The van der Waals surface area contributed by atoms with E-state index in [1.165, 1.54) is 5.56 Å². The van der Waals surface area contributed by atoms with Crippen molar-refractivity contribution in [1.82, 2.24) is 10.2 Å². The van der Waals surface area contributed by atoms with Crippen LogP contribution in [0.5, 0.6) is 5.75 Å². The molecule has 0 saturated carbocycles. The van der Waals surface area contributed by atoms with E-state index in [0.717, 1.165) is 56.4 Å². The van der Waals surface area contributed by atoms with E-state index < -0.39 is 0 Å². The van der Waals surface area contributed by atoms with Crippen LogP contribution in [-0.2, 0) is 11.3 Å². The highest BCUT2D eigenvalue weighted by atomic mass is 16.3. The molecule has 1 fully saturated rings. The number of nitrogens with zero attached hydrogens (tertiary/aromatic N) is 1. The summed E-state index contributed by atoms with van der Waals surface area (Å²) < 4.78 is 0. The molecule has 2 N–H and O–H groups in total. The molecule has 4 nitrogen and oxygen atoms in total. The highest BCUT2D eigenvalue weighted by Crippen LogP contribution is 2.25. The maximum atomic E-state index is 12.5. The Labute approximate surface area is 146 Å². The number of aryl methyl sites for hydroxylation is 2. The standard InChI is InChI=1S/C20H32N2O2/c1-5-7-16(4)21-20(24)18-8-6-9-22(13-18)12-17-10-14(2)19(23)15(3)11-17/h10-11,16,18,23H,5-9,12-13H2,1-4H3,(H,21,24). The summed E-state index contributed by atoms with van der Waals surface area (Å²) in [5, 5.41) is 13.1. The van der Waals surface area contributed by atoms with Crippen molar-refractivity contribution in [1.29, 1.82) is 0 Å². The number of aromatic hydroxyl groups is 1. The minimum absolute atomic E-state index is 0.0948. The molecule has 0 radical (unpaired) electrons. The molecule has 2 unspecified atom stereocenters. The van der Waals surface area contributed by atoms with Crippen LogP contribution < -0.4 is 5.32 Å². The van der Waals surface area contributed by atoms with E-state index in [2.05, 4.69) is 36.2 Å². The smallest absolute Gasteiger partial charge is 0.224 e. The van der Waals surface area contributed by atoms with Gasteiger partial charge in [-0.2, -0.15) is 0 Å². The molecule has 1 aromatic carbocycles. The molecule has 1 amide bonds. The van der Waals surface area contributed by atoms with Gasteiger partial charge in [0.05, 0.1) is 5.92 Å². The summed E-state index contributed by atoms with van der Waals surface area (Å²) in [7, 11) is 0. The van der Waals surface area contributed by atoms with Gasteiger partial charge in [-0.15, -0.1) is 0 Å². The highest BCUT2D eigenvalue weighted by Gasteiger charge is 2.26. The second-order valence-electron chi connectivity index (χ2n) is 7.35. The van der Waals surface area contributed by atoms with Crippen LogP contribution in [-0.4, -0.2) is 35.0 Å². The van der Waals surface area contributed by atoms with Crippen LogP contribution in [0.3, 0.4) is 0 Å². The third-order valence-corrected chi connectivity index (χ3v) is 4.94. The fraction of sp³-hybridized carbons (Fsp3) is 0.650. The van der Waals surface area contributed by atoms with Crippen molar-refractivity contribution in [3.8, 4) is 5.75 Å². The van der Waals surface area contributed by atoms with Crippen molar-refractivity contribution >= 4 is 5.91 Å². The van der Waals surface area contributed by atoms with Crippen LogP contribution in [0.1, 0.15) is 56.2 Å². The second kappa shape index (κ2) is 8.52. The highest BCUT2D eigenvalue weighted by molar-refractivity contribution is 5.79. The molecule has 134 valence electrons. The van der Waals surface area contributed by atoms with Crippen LogP contribution in [0.15, 0.2) is 12.1 Å². The fourth-order valence-electron chi connectivity index (χ4n) is 3.67. The molecule has 1 saturated heterocycles. The van der Waals surface area contributed by atoms with E-state index in [9.17, 15) is 9.90 Å². The molecule has 2 rings (SSSR count). The Morgan fingerprint density at radius 2 is 2.04 bits per heavy atom. The average molecular weight is 332 g/mol. The van der Waals surface area contributed by atoms with Crippen molar-refractivity contribution in [2.24, 2.45) is 5.92 Å². The number of likely N-dealkylation sites (tertiary alicyclic amines) is 1. The first kappa shape index (κ1) is 18.8. The lowest BCUT2D eigenvalue weighted by atomic mass is 9.95. The minimum atomic E-state index is 0.0948. The number of amides is 1. The van der Waals surface area contributed by atoms with Crippen LogP contribution in [0.2, 0.25) is 0 Å². The topological polar surface area (TPSA) is 52.6 Å². The van der Waals surface area contributed by atoms with E-state index in [-0.39, 0.29) is 17.9 Å². The molecule has 0 spiro atoms. The molecule has 0 bridgehead atoms. The summed E-state index contributed by atoms with van der Waals surface area (Å²) in [6.45, 7) is 10.8. The number of nitrogens with one attached hydrogen (secondary N) is 1. The molecular formula is C20H32N2O2. The van der Waals surface area contributed by atoms with Crippen molar-refractivity contribution in [3.63, 3.8) is 0 Å². The van der Waals surface area contributed by atoms with Gasteiger partial charge in [0, 0.05) is 19.1 Å². The number of hydrogen-bond acceptors (Lipinski definition) is 3. The van der Waals surface area contributed by atoms with Crippen molar-refractivity contribution in [2.45, 2.75) is 66.0 Å². The Kier molecular flexibility index (Phi) is 6.67. The normalized spacial score (nSPS) is 19.9. The Hall–Kier alpha value is -1.55. The first-order chi connectivity index (χ1) is 11.4. The Bertz CT molecular complexity index is 548. The summed E-state index contributed by atoms with van der Waals surface area (Å²) in [4.78, 5) is 14.8. The molecule has 1 aromatic rings. The summed E-state index contributed by atoms with van der Waals surface area (Å²) in [6.07, 6.45) is 4.18. The number of phenolic OH excluding ortho intramolecular Hbond substituents is 1. The van der Waals surface area contributed by atoms with Gasteiger partial charge < -0.3 is 10.4 Å². The van der Waals surface area contributed by atoms with E-state index in [0.29, 0.717) is 5.75 Å². The first-order valence-electron chi connectivity index (χ1n) is 9.22. The lowest BCUT2D eigenvalue weighted by Crippen LogP contribution is -2.45. The Morgan fingerprint density at radius 3 is 2.67 bits per heavy atom. The largest absolute Gasteiger partial charge is 0.507 e. The van der Waals surface area contributed by atoms with Gasteiger partial charge in [0.15, 0.2) is 0 Å². The SMILES string of the molecule is CCCC(C)NC(=O)C1CCCN(Cc2cc(C)c(O)c(C)c2)C1. The quantitative estimate of drug-likeness (QED) is 0.838. The van der Waals surface area contributed by atoms with Crippen LogP contribution >= 0.6 is 0 Å². The van der Waals surface area contributed by atoms with Crippen LogP contribution in [0.25, 0.3) is 0 Å². The van der Waals surface area contributed by atoms with Crippen molar-refractivity contribution in [2.75, 3.05) is 13.1 Å². The third-order valence-electron chi connectivity index (χ3n) is 4.94. The molecule has 2 atom stereocenters. The average Bonchev–Trinajstić information content (AvgIpc) is 2.53. The van der Waals surface area contributed by atoms with Gasteiger partial charge in [0.25, 0.3) is 0 Å². The summed E-state index contributed by atoms with van der Waals surface area (Å²) in [6, 6.07) is 4.37. The van der Waals surface area contributed by atoms with Gasteiger partial charge in [-0.05, 0) is 63.3 Å². The Balaban J connectivity index is 1.94. The van der Waals surface area contributed by atoms with Gasteiger partial charge in [0.2, 0.25) is 5.91 Å². The molecule has 1 aliphatic heterocycles. The number of rotatable bonds is 6. The molecule has 4 heteroatoms. The number of carbonyl (C=O) groups excluding carboxylic acids is 1. The lowest BCUT2D eigenvalue weighted by Gasteiger charge is -2.32. The Morgan fingerprint density at radius 1 is 1.38 bits per heavy atom. The molecule has 1 aliphatic rings. The first-order valence-corrected chi connectivity index (χ1v) is 9.22. The zero-order chi connectivity index (χ0) is 17.7. The number of phenols is 1. The zero-order valence-corrected chi connectivity index (χ0v) is 15.6. The van der Waals surface area contributed by atoms with E-state index in [1.807, 2.05) is 13.8 Å². The predicted molar refractivity (Wildman–Crippen MR) is 98.1 cm³/mol. The maximum absolute atomic E-state index is 12.5. The number of hydrogen-bond donors (Lipinski definition) is 2. The van der Waals surface area contributed by atoms with Crippen LogP contribution in [0.4, 0.5) is 0 Å². The predicted octanol–water partition coefficient (Wildman–Crippen LogP) is 3.53. The third kappa shape index (κ3) is 4.97. The number of piperidine rings is 1.